The van der Waals surface area contributed by atoms with E-state index in [4.69, 9.17) is 0 Å². The topological polar surface area (TPSA) is 66.2 Å². The predicted octanol–water partition coefficient (Wildman–Crippen LogP) is 0.601. The summed E-state index contributed by atoms with van der Waals surface area (Å²) in [5, 5.41) is 6.83. The van der Waals surface area contributed by atoms with Gasteiger partial charge in [0.15, 0.2) is 5.69 Å². The van der Waals surface area contributed by atoms with E-state index in [0.29, 0.717) is 0 Å². The highest BCUT2D eigenvalue weighted by molar-refractivity contribution is 5.86. The van der Waals surface area contributed by atoms with Gasteiger partial charge in [0.25, 0.3) is 0 Å². The Kier molecular flexibility index (Phi) is 3.82. The normalized spacial score (nSPS) is 11.5. The third kappa shape index (κ3) is 3.85. The van der Waals surface area contributed by atoms with Crippen molar-refractivity contribution in [1.82, 2.24) is 15.0 Å². The van der Waals surface area contributed by atoms with Crippen molar-refractivity contribution < 1.29 is 27.4 Å². The zero-order valence-corrected chi connectivity index (χ0v) is 8.19. The molecule has 16 heavy (non-hydrogen) atoms. The van der Waals surface area contributed by atoms with Gasteiger partial charge >= 0.3 is 12.3 Å². The van der Waals surface area contributed by atoms with Crippen molar-refractivity contribution in [3.8, 4) is 0 Å². The summed E-state index contributed by atoms with van der Waals surface area (Å²) in [6.45, 7) is -0.767. The highest BCUT2D eigenvalue weighted by Crippen LogP contribution is 2.15. The third-order valence-electron chi connectivity index (χ3n) is 1.52. The Balaban J connectivity index is 2.44. The number of ether oxygens (including phenoxy) is 2. The van der Waals surface area contributed by atoms with Gasteiger partial charge in [0, 0.05) is 0 Å². The van der Waals surface area contributed by atoms with Crippen molar-refractivity contribution in [3.63, 3.8) is 0 Å². The first-order valence-corrected chi connectivity index (χ1v) is 4.11. The average Bonchev–Trinajstić information content (AvgIpc) is 2.63. The average molecular weight is 239 g/mol. The van der Waals surface area contributed by atoms with Crippen LogP contribution in [0.4, 0.5) is 13.2 Å². The van der Waals surface area contributed by atoms with E-state index in [-0.39, 0.29) is 12.2 Å². The second kappa shape index (κ2) is 4.92. The maximum Gasteiger partial charge on any atom is 0.522 e. The van der Waals surface area contributed by atoms with Gasteiger partial charge in [-0.05, 0) is 0 Å². The number of rotatable bonds is 4. The second-order valence-corrected chi connectivity index (χ2v) is 2.65. The summed E-state index contributed by atoms with van der Waals surface area (Å²) < 4.78 is 43.7. The van der Waals surface area contributed by atoms with E-state index in [0.717, 1.165) is 11.8 Å². The molecule has 0 unspecified atom stereocenters. The van der Waals surface area contributed by atoms with Gasteiger partial charge in [-0.25, -0.2) is 9.48 Å². The number of hydrogen-bond acceptors (Lipinski definition) is 5. The number of carbonyl (C=O) groups is 1. The van der Waals surface area contributed by atoms with Crippen LogP contribution in [0.25, 0.3) is 0 Å². The zero-order valence-electron chi connectivity index (χ0n) is 8.19. The Bertz CT molecular complexity index is 363. The van der Waals surface area contributed by atoms with Crippen LogP contribution in [-0.2, 0) is 16.0 Å². The third-order valence-corrected chi connectivity index (χ3v) is 1.52. The zero-order chi connectivity index (χ0) is 12.2. The van der Waals surface area contributed by atoms with E-state index in [1.165, 1.54) is 6.20 Å². The molecule has 1 aromatic rings. The fourth-order valence-corrected chi connectivity index (χ4v) is 0.861. The SMILES string of the molecule is COC(=O)c1cn(CCOC(F)(F)F)nn1. The van der Waals surface area contributed by atoms with Crippen molar-refractivity contribution in [3.05, 3.63) is 11.9 Å². The van der Waals surface area contributed by atoms with Crippen LogP contribution in [0, 0.1) is 0 Å². The standard InChI is InChI=1S/C7H8F3N3O3/c1-15-6(14)5-4-13(12-11-5)2-3-16-7(8,9)10/h4H,2-3H2,1H3. The fraction of sp³-hybridized carbons (Fsp3) is 0.571. The van der Waals surface area contributed by atoms with E-state index < -0.39 is 18.9 Å². The highest BCUT2D eigenvalue weighted by Gasteiger charge is 2.28. The number of aromatic nitrogens is 3. The molecule has 0 radical (unpaired) electrons. The molecule has 6 nitrogen and oxygen atoms in total. The van der Waals surface area contributed by atoms with E-state index >= 15 is 0 Å². The van der Waals surface area contributed by atoms with Crippen LogP contribution in [0.3, 0.4) is 0 Å². The summed E-state index contributed by atoms with van der Waals surface area (Å²) in [4.78, 5) is 10.9. The van der Waals surface area contributed by atoms with Crippen molar-refractivity contribution in [2.45, 2.75) is 12.9 Å². The van der Waals surface area contributed by atoms with Gasteiger partial charge in [0.05, 0.1) is 26.5 Å². The summed E-state index contributed by atoms with van der Waals surface area (Å²) >= 11 is 0. The maximum absolute atomic E-state index is 11.6. The minimum absolute atomic E-state index is 0.0745. The minimum Gasteiger partial charge on any atom is -0.464 e. The van der Waals surface area contributed by atoms with E-state index in [1.807, 2.05) is 0 Å². The van der Waals surface area contributed by atoms with Gasteiger partial charge in [-0.3, -0.25) is 4.74 Å². The molecular formula is C7H8F3N3O3. The molecule has 1 rings (SSSR count). The molecule has 0 bridgehead atoms. The molecule has 0 saturated heterocycles. The monoisotopic (exact) mass is 239 g/mol. The van der Waals surface area contributed by atoms with E-state index in [2.05, 4.69) is 19.8 Å². The molecule has 9 heteroatoms. The van der Waals surface area contributed by atoms with Crippen LogP contribution in [0.5, 0.6) is 0 Å². The van der Waals surface area contributed by atoms with Crippen LogP contribution in [-0.4, -0.2) is 41.0 Å². The molecule has 90 valence electrons. The number of esters is 1. The van der Waals surface area contributed by atoms with Crippen molar-refractivity contribution in [2.75, 3.05) is 13.7 Å². The van der Waals surface area contributed by atoms with Crippen LogP contribution >= 0.6 is 0 Å². The molecule has 0 aromatic carbocycles. The molecule has 0 spiro atoms. The molecule has 1 heterocycles. The predicted molar refractivity (Wildman–Crippen MR) is 43.4 cm³/mol. The van der Waals surface area contributed by atoms with Crippen LogP contribution in [0.1, 0.15) is 10.5 Å². The summed E-state index contributed by atoms with van der Waals surface area (Å²) in [6.07, 6.45) is -3.50. The number of hydrogen-bond donors (Lipinski definition) is 0. The Labute approximate surface area is 87.9 Å². The molecule has 0 saturated carbocycles. The first-order valence-electron chi connectivity index (χ1n) is 4.11. The minimum atomic E-state index is -4.67. The first kappa shape index (κ1) is 12.4. The molecule has 0 aliphatic rings. The van der Waals surface area contributed by atoms with Crippen molar-refractivity contribution in [1.29, 1.82) is 0 Å². The number of methoxy groups -OCH3 is 1. The molecule has 0 amide bonds. The fourth-order valence-electron chi connectivity index (χ4n) is 0.861. The van der Waals surface area contributed by atoms with Crippen molar-refractivity contribution >= 4 is 5.97 Å². The number of carbonyl (C=O) groups excluding carboxylic acids is 1. The lowest BCUT2D eigenvalue weighted by Crippen LogP contribution is -2.17. The largest absolute Gasteiger partial charge is 0.522 e. The van der Waals surface area contributed by atoms with Crippen LogP contribution < -0.4 is 0 Å². The van der Waals surface area contributed by atoms with E-state index in [9.17, 15) is 18.0 Å². The smallest absolute Gasteiger partial charge is 0.464 e. The van der Waals surface area contributed by atoms with Gasteiger partial charge < -0.3 is 4.74 Å². The van der Waals surface area contributed by atoms with Gasteiger partial charge in [-0.15, -0.1) is 18.3 Å². The summed E-state index contributed by atoms with van der Waals surface area (Å²) in [7, 11) is 1.16. The maximum atomic E-state index is 11.6. The van der Waals surface area contributed by atoms with E-state index in [1.54, 1.807) is 0 Å². The summed E-state index contributed by atoms with van der Waals surface area (Å²) in [5.74, 6) is -0.706. The van der Waals surface area contributed by atoms with Gasteiger partial charge in [-0.2, -0.15) is 0 Å². The number of alkyl halides is 3. The first-order chi connectivity index (χ1) is 7.42. The number of nitrogens with zero attached hydrogens (tertiary/aromatic N) is 3. The molecule has 0 fully saturated rings. The van der Waals surface area contributed by atoms with Gasteiger partial charge in [-0.1, -0.05) is 5.21 Å². The van der Waals surface area contributed by atoms with Gasteiger partial charge in [0.1, 0.15) is 0 Å². The molecule has 0 N–H and O–H groups in total. The molecule has 0 atom stereocenters. The lowest BCUT2D eigenvalue weighted by Gasteiger charge is -2.06. The Morgan fingerprint density at radius 3 is 2.81 bits per heavy atom. The Morgan fingerprint density at radius 1 is 1.56 bits per heavy atom. The van der Waals surface area contributed by atoms with Crippen molar-refractivity contribution in [2.24, 2.45) is 0 Å². The number of halogens is 3. The Hall–Kier alpha value is -1.64. The highest BCUT2D eigenvalue weighted by atomic mass is 19.4. The molecule has 0 aliphatic heterocycles. The van der Waals surface area contributed by atoms with Crippen LogP contribution in [0.15, 0.2) is 6.20 Å². The van der Waals surface area contributed by atoms with Crippen LogP contribution in [0.2, 0.25) is 0 Å². The quantitative estimate of drug-likeness (QED) is 0.720. The molecule has 0 aliphatic carbocycles. The lowest BCUT2D eigenvalue weighted by atomic mass is 10.5. The van der Waals surface area contributed by atoms with Gasteiger partial charge in [0.2, 0.25) is 0 Å². The Morgan fingerprint density at radius 2 is 2.25 bits per heavy atom. The summed E-state index contributed by atoms with van der Waals surface area (Å²) in [5.41, 5.74) is -0.0745. The second-order valence-electron chi connectivity index (χ2n) is 2.65. The summed E-state index contributed by atoms with van der Waals surface area (Å²) in [6, 6.07) is 0. The molecular weight excluding hydrogens is 231 g/mol. The lowest BCUT2D eigenvalue weighted by molar-refractivity contribution is -0.325. The molecule has 1 aromatic heterocycles.